The van der Waals surface area contributed by atoms with E-state index in [0.29, 0.717) is 17.2 Å². The van der Waals surface area contributed by atoms with E-state index in [1.54, 1.807) is 36.3 Å². The zero-order valence-corrected chi connectivity index (χ0v) is 13.0. The first-order chi connectivity index (χ1) is 11.8. The second kappa shape index (κ2) is 7.28. The molecule has 24 heavy (non-hydrogen) atoms. The van der Waals surface area contributed by atoms with Gasteiger partial charge in [-0.3, -0.25) is 4.79 Å². The highest BCUT2D eigenvalue weighted by Gasteiger charge is 2.10. The van der Waals surface area contributed by atoms with Gasteiger partial charge in [-0.25, -0.2) is 9.67 Å². The van der Waals surface area contributed by atoms with Gasteiger partial charge in [0.25, 0.3) is 5.91 Å². The molecule has 3 rings (SSSR count). The molecule has 0 bridgehead atoms. The van der Waals surface area contributed by atoms with E-state index in [9.17, 15) is 4.79 Å². The number of nitrogens with one attached hydrogen (secondary N) is 1. The summed E-state index contributed by atoms with van der Waals surface area (Å²) in [7, 11) is 1.55. The van der Waals surface area contributed by atoms with Crippen LogP contribution in [0.4, 0.5) is 5.69 Å². The molecule has 0 unspecified atom stereocenters. The topological polar surface area (TPSA) is 78.3 Å². The maximum absolute atomic E-state index is 12.2. The Hall–Kier alpha value is -3.35. The van der Waals surface area contributed by atoms with Crippen molar-refractivity contribution in [3.05, 3.63) is 61.2 Å². The number of carbonyl (C=O) groups is 1. The summed E-state index contributed by atoms with van der Waals surface area (Å²) < 4.78 is 12.3. The van der Waals surface area contributed by atoms with Crippen LogP contribution in [0.25, 0.3) is 5.69 Å². The largest absolute Gasteiger partial charge is 0.493 e. The molecule has 0 saturated heterocycles. The van der Waals surface area contributed by atoms with Gasteiger partial charge < -0.3 is 14.8 Å². The van der Waals surface area contributed by atoms with Crippen LogP contribution in [0, 0.1) is 0 Å². The van der Waals surface area contributed by atoms with Crippen molar-refractivity contribution in [2.75, 3.05) is 19.0 Å². The zero-order chi connectivity index (χ0) is 16.8. The molecular weight excluding hydrogens is 308 g/mol. The van der Waals surface area contributed by atoms with E-state index in [1.807, 2.05) is 30.3 Å². The van der Waals surface area contributed by atoms with Crippen LogP contribution >= 0.6 is 0 Å². The Morgan fingerprint density at radius 1 is 1.12 bits per heavy atom. The van der Waals surface area contributed by atoms with E-state index in [-0.39, 0.29) is 12.5 Å². The minimum absolute atomic E-state index is 0.133. The molecule has 2 aromatic carbocycles. The number of methoxy groups -OCH3 is 1. The molecule has 0 spiro atoms. The molecule has 7 nitrogen and oxygen atoms in total. The predicted octanol–water partition coefficient (Wildman–Crippen LogP) is 2.29. The summed E-state index contributed by atoms with van der Waals surface area (Å²) in [6, 6.07) is 14.5. The number of hydrogen-bond donors (Lipinski definition) is 1. The van der Waals surface area contributed by atoms with Gasteiger partial charge in [0.05, 0.1) is 18.5 Å². The highest BCUT2D eigenvalue weighted by molar-refractivity contribution is 5.93. The van der Waals surface area contributed by atoms with Crippen LogP contribution in [0.1, 0.15) is 0 Å². The van der Waals surface area contributed by atoms with Crippen molar-refractivity contribution in [1.82, 2.24) is 14.8 Å². The number of rotatable bonds is 6. The molecule has 0 aliphatic rings. The van der Waals surface area contributed by atoms with Crippen molar-refractivity contribution in [3.63, 3.8) is 0 Å². The lowest BCUT2D eigenvalue weighted by molar-refractivity contribution is -0.118. The van der Waals surface area contributed by atoms with Gasteiger partial charge in [0.15, 0.2) is 18.1 Å². The number of nitrogens with zero attached hydrogens (tertiary/aromatic N) is 3. The third kappa shape index (κ3) is 3.52. The quantitative estimate of drug-likeness (QED) is 0.753. The first-order valence-electron chi connectivity index (χ1n) is 7.27. The van der Waals surface area contributed by atoms with Crippen molar-refractivity contribution in [2.24, 2.45) is 0 Å². The number of amides is 1. The normalized spacial score (nSPS) is 10.2. The van der Waals surface area contributed by atoms with E-state index in [0.717, 1.165) is 5.69 Å². The number of ether oxygens (including phenoxy) is 2. The van der Waals surface area contributed by atoms with E-state index >= 15 is 0 Å². The van der Waals surface area contributed by atoms with Crippen molar-refractivity contribution in [3.8, 4) is 17.2 Å². The Balaban J connectivity index is 1.68. The molecule has 7 heteroatoms. The minimum atomic E-state index is -0.284. The molecule has 0 aliphatic heterocycles. The smallest absolute Gasteiger partial charge is 0.262 e. The van der Waals surface area contributed by atoms with Crippen molar-refractivity contribution in [1.29, 1.82) is 0 Å². The molecule has 0 fully saturated rings. The monoisotopic (exact) mass is 324 g/mol. The summed E-state index contributed by atoms with van der Waals surface area (Å²) >= 11 is 0. The van der Waals surface area contributed by atoms with Crippen LogP contribution in [0.15, 0.2) is 61.2 Å². The lowest BCUT2D eigenvalue weighted by atomic mass is 10.2. The fourth-order valence-corrected chi connectivity index (χ4v) is 2.18. The number of carbonyl (C=O) groups excluding carboxylic acids is 1. The SMILES string of the molecule is COc1ccccc1OCC(=O)Nc1ccccc1-n1cncn1. The summed E-state index contributed by atoms with van der Waals surface area (Å²) in [6.07, 6.45) is 3.00. The Morgan fingerprint density at radius 2 is 1.88 bits per heavy atom. The molecular formula is C17H16N4O3. The Labute approximate surface area is 138 Å². The highest BCUT2D eigenvalue weighted by Crippen LogP contribution is 2.25. The zero-order valence-electron chi connectivity index (χ0n) is 13.0. The van der Waals surface area contributed by atoms with E-state index in [4.69, 9.17) is 9.47 Å². The molecule has 0 aliphatic carbocycles. The summed E-state index contributed by atoms with van der Waals surface area (Å²) in [6.45, 7) is -0.133. The fourth-order valence-electron chi connectivity index (χ4n) is 2.18. The third-order valence-electron chi connectivity index (χ3n) is 3.27. The molecule has 1 N–H and O–H groups in total. The summed E-state index contributed by atoms with van der Waals surface area (Å²) in [5.41, 5.74) is 1.34. The second-order valence-corrected chi connectivity index (χ2v) is 4.84. The number of para-hydroxylation sites is 4. The van der Waals surface area contributed by atoms with Gasteiger partial charge in [-0.05, 0) is 24.3 Å². The lowest BCUT2D eigenvalue weighted by Gasteiger charge is -2.12. The van der Waals surface area contributed by atoms with Gasteiger partial charge in [0.1, 0.15) is 12.7 Å². The van der Waals surface area contributed by atoms with Crippen molar-refractivity contribution < 1.29 is 14.3 Å². The standard InChI is InChI=1S/C17H16N4O3/c1-23-15-8-4-5-9-16(15)24-10-17(22)20-13-6-2-3-7-14(13)21-12-18-11-19-21/h2-9,11-12H,10H2,1H3,(H,20,22). The van der Waals surface area contributed by atoms with Crippen LogP contribution < -0.4 is 14.8 Å². The second-order valence-electron chi connectivity index (χ2n) is 4.84. The third-order valence-corrected chi connectivity index (χ3v) is 3.27. The first kappa shape index (κ1) is 15.5. The highest BCUT2D eigenvalue weighted by atomic mass is 16.5. The molecule has 1 heterocycles. The fraction of sp³-hybridized carbons (Fsp3) is 0.118. The maximum Gasteiger partial charge on any atom is 0.262 e. The minimum Gasteiger partial charge on any atom is -0.493 e. The van der Waals surface area contributed by atoms with Crippen LogP contribution in [0.5, 0.6) is 11.5 Å². The Bertz CT molecular complexity index is 818. The van der Waals surface area contributed by atoms with Crippen LogP contribution in [-0.2, 0) is 4.79 Å². The molecule has 0 radical (unpaired) electrons. The first-order valence-corrected chi connectivity index (χ1v) is 7.27. The molecule has 0 atom stereocenters. The lowest BCUT2D eigenvalue weighted by Crippen LogP contribution is -2.21. The van der Waals surface area contributed by atoms with Crippen molar-refractivity contribution in [2.45, 2.75) is 0 Å². The number of aromatic nitrogens is 3. The Kier molecular flexibility index (Phi) is 4.71. The van der Waals surface area contributed by atoms with Gasteiger partial charge >= 0.3 is 0 Å². The van der Waals surface area contributed by atoms with Gasteiger partial charge in [0, 0.05) is 0 Å². The molecule has 122 valence electrons. The van der Waals surface area contributed by atoms with Crippen molar-refractivity contribution >= 4 is 11.6 Å². The van der Waals surface area contributed by atoms with E-state index in [1.165, 1.54) is 6.33 Å². The molecule has 0 saturated carbocycles. The summed E-state index contributed by atoms with van der Waals surface area (Å²) in [5, 5.41) is 6.89. The van der Waals surface area contributed by atoms with Crippen LogP contribution in [0.2, 0.25) is 0 Å². The van der Waals surface area contributed by atoms with Gasteiger partial charge in [-0.1, -0.05) is 24.3 Å². The summed E-state index contributed by atoms with van der Waals surface area (Å²) in [4.78, 5) is 16.1. The summed E-state index contributed by atoms with van der Waals surface area (Å²) in [5.74, 6) is 0.807. The number of anilines is 1. The van der Waals surface area contributed by atoms with Gasteiger partial charge in [-0.2, -0.15) is 5.10 Å². The molecule has 1 aromatic heterocycles. The Morgan fingerprint density at radius 3 is 2.62 bits per heavy atom. The van der Waals surface area contributed by atoms with Crippen LogP contribution in [-0.4, -0.2) is 34.4 Å². The average molecular weight is 324 g/mol. The van der Waals surface area contributed by atoms with E-state index < -0.39 is 0 Å². The van der Waals surface area contributed by atoms with Gasteiger partial charge in [0.2, 0.25) is 0 Å². The van der Waals surface area contributed by atoms with E-state index in [2.05, 4.69) is 15.4 Å². The number of benzene rings is 2. The maximum atomic E-state index is 12.2. The van der Waals surface area contributed by atoms with Crippen LogP contribution in [0.3, 0.4) is 0 Å². The predicted molar refractivity (Wildman–Crippen MR) is 88.5 cm³/mol. The van der Waals surface area contributed by atoms with Gasteiger partial charge in [-0.15, -0.1) is 0 Å². The molecule has 1 amide bonds. The average Bonchev–Trinajstić information content (AvgIpc) is 3.15. The number of hydrogen-bond acceptors (Lipinski definition) is 5. The molecule has 3 aromatic rings.